The van der Waals surface area contributed by atoms with Gasteiger partial charge >= 0.3 is 11.9 Å². The van der Waals surface area contributed by atoms with E-state index in [0.29, 0.717) is 18.0 Å². The van der Waals surface area contributed by atoms with Gasteiger partial charge in [0.15, 0.2) is 0 Å². The zero-order chi connectivity index (χ0) is 15.1. The number of carbonyl (C=O) groups is 2. The van der Waals surface area contributed by atoms with Crippen molar-refractivity contribution >= 4 is 17.6 Å². The number of hydrogen-bond donors (Lipinski definition) is 1. The minimum atomic E-state index is -0.931. The van der Waals surface area contributed by atoms with Crippen molar-refractivity contribution in [2.45, 2.75) is 6.61 Å². The summed E-state index contributed by atoms with van der Waals surface area (Å²) in [5.74, 6) is -1.07. The second-order valence-electron chi connectivity index (χ2n) is 4.24. The fraction of sp³-hybridized carbons (Fsp3) is 0.125. The number of ether oxygens (including phenoxy) is 2. The van der Waals surface area contributed by atoms with Crippen molar-refractivity contribution in [3.05, 3.63) is 60.2 Å². The minimum absolute atomic E-state index is 0.467. The lowest BCUT2D eigenvalue weighted by atomic mass is 10.2. The van der Waals surface area contributed by atoms with E-state index < -0.39 is 11.9 Å². The molecule has 0 heterocycles. The molecule has 108 valence electrons. The number of anilines is 1. The van der Waals surface area contributed by atoms with Gasteiger partial charge in [-0.3, -0.25) is 4.79 Å². The zero-order valence-corrected chi connectivity index (χ0v) is 11.5. The maximum Gasteiger partial charge on any atom is 0.396 e. The highest BCUT2D eigenvalue weighted by atomic mass is 16.5. The summed E-state index contributed by atoms with van der Waals surface area (Å²) in [4.78, 5) is 22.3. The van der Waals surface area contributed by atoms with Gasteiger partial charge in [0.25, 0.3) is 0 Å². The van der Waals surface area contributed by atoms with E-state index >= 15 is 0 Å². The predicted molar refractivity (Wildman–Crippen MR) is 77.9 cm³/mol. The Hall–Kier alpha value is -2.82. The average Bonchev–Trinajstić information content (AvgIpc) is 2.54. The lowest BCUT2D eigenvalue weighted by Crippen LogP contribution is -2.23. The summed E-state index contributed by atoms with van der Waals surface area (Å²) in [6, 6.07) is 16.5. The lowest BCUT2D eigenvalue weighted by Gasteiger charge is -2.08. The van der Waals surface area contributed by atoms with Crippen LogP contribution < -0.4 is 10.1 Å². The van der Waals surface area contributed by atoms with Crippen LogP contribution in [-0.2, 0) is 20.9 Å². The van der Waals surface area contributed by atoms with E-state index in [-0.39, 0.29) is 0 Å². The molecule has 0 aliphatic carbocycles. The number of benzene rings is 2. The monoisotopic (exact) mass is 285 g/mol. The van der Waals surface area contributed by atoms with Gasteiger partial charge in [-0.15, -0.1) is 0 Å². The highest BCUT2D eigenvalue weighted by Gasteiger charge is 2.13. The maximum atomic E-state index is 11.3. The molecule has 21 heavy (non-hydrogen) atoms. The molecule has 0 aromatic heterocycles. The van der Waals surface area contributed by atoms with E-state index in [1.54, 1.807) is 24.3 Å². The van der Waals surface area contributed by atoms with Gasteiger partial charge in [-0.25, -0.2) is 4.79 Å². The molecule has 5 nitrogen and oxygen atoms in total. The van der Waals surface area contributed by atoms with Crippen molar-refractivity contribution < 1.29 is 19.1 Å². The third-order valence-corrected chi connectivity index (χ3v) is 2.73. The molecule has 0 saturated heterocycles. The summed E-state index contributed by atoms with van der Waals surface area (Å²) in [5, 5.41) is 2.42. The lowest BCUT2D eigenvalue weighted by molar-refractivity contribution is -0.150. The highest BCUT2D eigenvalue weighted by molar-refractivity contribution is 6.37. The quantitative estimate of drug-likeness (QED) is 0.692. The normalized spacial score (nSPS) is 9.76. The number of rotatable bonds is 4. The minimum Gasteiger partial charge on any atom is -0.489 e. The first-order chi connectivity index (χ1) is 10.2. The van der Waals surface area contributed by atoms with Gasteiger partial charge in [0.05, 0.1) is 7.11 Å². The smallest absolute Gasteiger partial charge is 0.396 e. The molecule has 5 heteroatoms. The first-order valence-corrected chi connectivity index (χ1v) is 6.35. The molecular weight excluding hydrogens is 270 g/mol. The summed E-state index contributed by atoms with van der Waals surface area (Å²) < 4.78 is 9.94. The Morgan fingerprint density at radius 1 is 1.00 bits per heavy atom. The van der Waals surface area contributed by atoms with Crippen LogP contribution in [0.5, 0.6) is 5.75 Å². The van der Waals surface area contributed by atoms with Gasteiger partial charge in [-0.1, -0.05) is 30.3 Å². The average molecular weight is 285 g/mol. The Kier molecular flexibility index (Phi) is 4.93. The van der Waals surface area contributed by atoms with Crippen LogP contribution >= 0.6 is 0 Å². The van der Waals surface area contributed by atoms with Gasteiger partial charge in [0.1, 0.15) is 12.4 Å². The zero-order valence-electron chi connectivity index (χ0n) is 11.5. The largest absolute Gasteiger partial charge is 0.489 e. The number of esters is 1. The number of nitrogens with one attached hydrogen (secondary N) is 1. The van der Waals surface area contributed by atoms with Crippen molar-refractivity contribution in [1.82, 2.24) is 0 Å². The third kappa shape index (κ3) is 4.35. The fourth-order valence-electron chi connectivity index (χ4n) is 1.65. The predicted octanol–water partition coefficient (Wildman–Crippen LogP) is 2.38. The van der Waals surface area contributed by atoms with Gasteiger partial charge < -0.3 is 14.8 Å². The molecule has 2 rings (SSSR count). The first kappa shape index (κ1) is 14.6. The standard InChI is InChI=1S/C16H15NO4/c1-20-16(19)15(18)17-13-7-9-14(10-8-13)21-11-12-5-3-2-4-6-12/h2-10H,11H2,1H3,(H,17,18). The SMILES string of the molecule is COC(=O)C(=O)Nc1ccc(OCc2ccccc2)cc1. The molecule has 0 spiro atoms. The first-order valence-electron chi connectivity index (χ1n) is 6.35. The maximum absolute atomic E-state index is 11.3. The molecule has 2 aromatic carbocycles. The Labute approximate surface area is 122 Å². The Bertz CT molecular complexity index is 608. The number of carbonyl (C=O) groups excluding carboxylic acids is 2. The number of hydrogen-bond acceptors (Lipinski definition) is 4. The van der Waals surface area contributed by atoms with E-state index in [2.05, 4.69) is 10.1 Å². The molecule has 1 amide bonds. The van der Waals surface area contributed by atoms with Crippen LogP contribution in [0.2, 0.25) is 0 Å². The van der Waals surface area contributed by atoms with Gasteiger partial charge in [-0.2, -0.15) is 0 Å². The van der Waals surface area contributed by atoms with Crippen LogP contribution in [0.15, 0.2) is 54.6 Å². The van der Waals surface area contributed by atoms with Gasteiger partial charge in [-0.05, 0) is 29.8 Å². The highest BCUT2D eigenvalue weighted by Crippen LogP contribution is 2.17. The van der Waals surface area contributed by atoms with Crippen LogP contribution in [0.4, 0.5) is 5.69 Å². The van der Waals surface area contributed by atoms with Crippen molar-refractivity contribution in [2.24, 2.45) is 0 Å². The summed E-state index contributed by atoms with van der Waals surface area (Å²) in [6.07, 6.45) is 0. The molecule has 0 fully saturated rings. The van der Waals surface area contributed by atoms with Crippen molar-refractivity contribution in [2.75, 3.05) is 12.4 Å². The molecular formula is C16H15NO4. The fourth-order valence-corrected chi connectivity index (χ4v) is 1.65. The second-order valence-corrected chi connectivity index (χ2v) is 4.24. The molecule has 0 aliphatic heterocycles. The molecule has 0 atom stereocenters. The summed E-state index contributed by atoms with van der Waals surface area (Å²) in [5.41, 5.74) is 1.57. The van der Waals surface area contributed by atoms with E-state index in [4.69, 9.17) is 4.74 Å². The Morgan fingerprint density at radius 3 is 2.29 bits per heavy atom. The van der Waals surface area contributed by atoms with Crippen molar-refractivity contribution in [3.8, 4) is 5.75 Å². The van der Waals surface area contributed by atoms with E-state index in [0.717, 1.165) is 12.7 Å². The van der Waals surface area contributed by atoms with Gasteiger partial charge in [0, 0.05) is 5.69 Å². The Balaban J connectivity index is 1.90. The Morgan fingerprint density at radius 2 is 1.67 bits per heavy atom. The summed E-state index contributed by atoms with van der Waals surface area (Å²) >= 11 is 0. The topological polar surface area (TPSA) is 64.6 Å². The summed E-state index contributed by atoms with van der Waals surface area (Å²) in [6.45, 7) is 0.467. The molecule has 0 saturated carbocycles. The van der Waals surface area contributed by atoms with E-state index in [1.165, 1.54) is 0 Å². The van der Waals surface area contributed by atoms with Gasteiger partial charge in [0.2, 0.25) is 0 Å². The second kappa shape index (κ2) is 7.09. The van der Waals surface area contributed by atoms with Crippen LogP contribution in [-0.4, -0.2) is 19.0 Å². The van der Waals surface area contributed by atoms with E-state index in [9.17, 15) is 9.59 Å². The molecule has 0 radical (unpaired) electrons. The molecule has 1 N–H and O–H groups in total. The number of methoxy groups -OCH3 is 1. The molecule has 0 unspecified atom stereocenters. The number of amides is 1. The van der Waals surface area contributed by atoms with Crippen LogP contribution in [0.3, 0.4) is 0 Å². The summed E-state index contributed by atoms with van der Waals surface area (Å²) in [7, 11) is 1.16. The van der Waals surface area contributed by atoms with Crippen molar-refractivity contribution in [1.29, 1.82) is 0 Å². The third-order valence-electron chi connectivity index (χ3n) is 2.73. The van der Waals surface area contributed by atoms with Crippen LogP contribution in [0, 0.1) is 0 Å². The van der Waals surface area contributed by atoms with Crippen molar-refractivity contribution in [3.63, 3.8) is 0 Å². The van der Waals surface area contributed by atoms with Crippen LogP contribution in [0.25, 0.3) is 0 Å². The molecule has 2 aromatic rings. The van der Waals surface area contributed by atoms with E-state index in [1.807, 2.05) is 30.3 Å². The molecule has 0 aliphatic rings. The molecule has 0 bridgehead atoms. The van der Waals surface area contributed by atoms with Crippen LogP contribution in [0.1, 0.15) is 5.56 Å².